The van der Waals surface area contributed by atoms with Crippen LogP contribution < -0.4 is 0 Å². The van der Waals surface area contributed by atoms with Crippen LogP contribution in [0.3, 0.4) is 0 Å². The second kappa shape index (κ2) is 10.1. The van der Waals surface area contributed by atoms with Gasteiger partial charge in [0.05, 0.1) is 0 Å². The van der Waals surface area contributed by atoms with Gasteiger partial charge in [0.1, 0.15) is 6.10 Å². The number of fused-ring (bicyclic) bond motifs is 5. The first-order chi connectivity index (χ1) is 17.1. The maximum atomic E-state index is 13.4. The van der Waals surface area contributed by atoms with Gasteiger partial charge in [-0.3, -0.25) is 0 Å². The van der Waals surface area contributed by atoms with Crippen LogP contribution in [0.5, 0.6) is 0 Å². The zero-order valence-corrected chi connectivity index (χ0v) is 23.1. The van der Waals surface area contributed by atoms with Crippen molar-refractivity contribution in [3.63, 3.8) is 0 Å². The van der Waals surface area contributed by atoms with Crippen molar-refractivity contribution in [2.24, 2.45) is 46.3 Å². The fraction of sp³-hybridized carbons (Fsp3) is 0.900. The lowest BCUT2D eigenvalue weighted by Crippen LogP contribution is -2.51. The van der Waals surface area contributed by atoms with Crippen LogP contribution in [-0.4, -0.2) is 24.2 Å². The third-order valence-corrected chi connectivity index (χ3v) is 11.1. The van der Waals surface area contributed by atoms with Gasteiger partial charge in [-0.25, -0.2) is 4.79 Å². The summed E-state index contributed by atoms with van der Waals surface area (Å²) in [6.07, 6.45) is 6.33. The number of ether oxygens (including phenoxy) is 1. The lowest BCUT2D eigenvalue weighted by molar-refractivity contribution is -0.282. The highest BCUT2D eigenvalue weighted by Gasteiger charge is 2.65. The number of allylic oxidation sites excluding steroid dienone is 1. The molecule has 0 aromatic rings. The Balaban J connectivity index is 1.44. The van der Waals surface area contributed by atoms with Crippen LogP contribution >= 0.6 is 0 Å². The summed E-state index contributed by atoms with van der Waals surface area (Å²) in [7, 11) is 0. The molecule has 4 aliphatic rings. The molecule has 0 aromatic carbocycles. The largest absolute Gasteiger partial charge is 0.465 e. The predicted octanol–water partition coefficient (Wildman–Crippen LogP) is 9.14. The van der Waals surface area contributed by atoms with Crippen molar-refractivity contribution >= 4 is 5.97 Å². The molecule has 0 saturated heterocycles. The molecule has 0 aromatic heterocycles. The Labute approximate surface area is 219 Å². The minimum atomic E-state index is -5.94. The number of esters is 1. The monoisotopic (exact) mass is 532 g/mol. The number of carbonyl (C=O) groups is 1. The number of rotatable bonds is 7. The van der Waals surface area contributed by atoms with Gasteiger partial charge in [0.25, 0.3) is 0 Å². The third-order valence-electron chi connectivity index (χ3n) is 11.1. The van der Waals surface area contributed by atoms with Gasteiger partial charge in [-0.1, -0.05) is 65.5 Å². The molecule has 8 atom stereocenters. The average molecular weight is 533 g/mol. The Morgan fingerprint density at radius 1 is 1.00 bits per heavy atom. The smallest absolute Gasteiger partial charge is 0.457 e. The molecule has 4 rings (SSSR count). The molecule has 0 amide bonds. The Hall–Kier alpha value is -1.14. The molecule has 3 saturated carbocycles. The highest BCUT2D eigenvalue weighted by molar-refractivity contribution is 5.78. The predicted molar refractivity (Wildman–Crippen MR) is 134 cm³/mol. The molecule has 212 valence electrons. The summed E-state index contributed by atoms with van der Waals surface area (Å²) in [5, 5.41) is 0. The van der Waals surface area contributed by atoms with Gasteiger partial charge in [-0.15, -0.1) is 0 Å². The number of carbonyl (C=O) groups excluding carboxylic acids is 1. The van der Waals surface area contributed by atoms with Crippen molar-refractivity contribution in [1.29, 1.82) is 0 Å². The van der Waals surface area contributed by atoms with Gasteiger partial charge < -0.3 is 4.74 Å². The van der Waals surface area contributed by atoms with E-state index in [1.54, 1.807) is 0 Å². The summed E-state index contributed by atoms with van der Waals surface area (Å²) in [5.41, 5.74) is 1.35. The molecule has 4 aliphatic carbocycles. The van der Waals surface area contributed by atoms with Crippen LogP contribution in [0, 0.1) is 46.3 Å². The van der Waals surface area contributed by atoms with Gasteiger partial charge in [-0.05, 0) is 91.3 Å². The third kappa shape index (κ3) is 5.11. The van der Waals surface area contributed by atoms with Crippen LogP contribution in [0.2, 0.25) is 0 Å². The Morgan fingerprint density at radius 2 is 1.70 bits per heavy atom. The van der Waals surface area contributed by atoms with Crippen molar-refractivity contribution in [3.05, 3.63) is 11.6 Å². The van der Waals surface area contributed by atoms with Crippen molar-refractivity contribution in [2.45, 2.75) is 123 Å². The molecule has 0 N–H and O–H groups in total. The first kappa shape index (κ1) is 28.9. The van der Waals surface area contributed by atoms with E-state index in [1.807, 2.05) is 0 Å². The molecule has 0 radical (unpaired) electrons. The van der Waals surface area contributed by atoms with E-state index in [0.29, 0.717) is 36.0 Å². The topological polar surface area (TPSA) is 26.3 Å². The molecule has 37 heavy (non-hydrogen) atoms. The second-order valence-corrected chi connectivity index (χ2v) is 13.6. The van der Waals surface area contributed by atoms with Crippen LogP contribution in [-0.2, 0) is 9.53 Å². The molecule has 0 spiro atoms. The number of hydrogen-bond acceptors (Lipinski definition) is 2. The minimum Gasteiger partial charge on any atom is -0.457 e. The van der Waals surface area contributed by atoms with E-state index in [1.165, 1.54) is 38.5 Å². The summed E-state index contributed by atoms with van der Waals surface area (Å²) < 4.78 is 69.4. The highest BCUT2D eigenvalue weighted by atomic mass is 19.4. The summed E-state index contributed by atoms with van der Waals surface area (Å²) >= 11 is 0. The molecular formula is C30H45F5O2. The molecule has 0 bridgehead atoms. The van der Waals surface area contributed by atoms with Crippen molar-refractivity contribution in [3.8, 4) is 0 Å². The number of hydrogen-bond donors (Lipinski definition) is 0. The van der Waals surface area contributed by atoms with E-state index in [0.717, 1.165) is 36.2 Å². The fourth-order valence-corrected chi connectivity index (χ4v) is 9.09. The Morgan fingerprint density at radius 3 is 2.35 bits per heavy atom. The maximum absolute atomic E-state index is 13.4. The summed E-state index contributed by atoms with van der Waals surface area (Å²) in [6.45, 7) is 11.8. The normalized spacial score (nSPS) is 38.9. The van der Waals surface area contributed by atoms with Crippen LogP contribution in [0.15, 0.2) is 11.6 Å². The zero-order chi connectivity index (χ0) is 27.4. The maximum Gasteiger partial charge on any atom is 0.465 e. The highest BCUT2D eigenvalue weighted by Crippen LogP contribution is 2.67. The summed E-state index contributed by atoms with van der Waals surface area (Å²) in [6, 6.07) is 0. The van der Waals surface area contributed by atoms with E-state index >= 15 is 0 Å². The Kier molecular flexibility index (Phi) is 7.89. The van der Waals surface area contributed by atoms with Gasteiger partial charge in [0.15, 0.2) is 0 Å². The second-order valence-electron chi connectivity index (χ2n) is 13.6. The van der Waals surface area contributed by atoms with E-state index in [2.05, 4.69) is 40.7 Å². The van der Waals surface area contributed by atoms with Crippen molar-refractivity contribution < 1.29 is 31.5 Å². The van der Waals surface area contributed by atoms with Gasteiger partial charge in [-0.2, -0.15) is 22.0 Å². The summed E-state index contributed by atoms with van der Waals surface area (Å²) in [4.78, 5) is 11.7. The SMILES string of the molecule is CC(C)CCCC(C)C1CCC2C3CC=C4CC(OC(=O)C(F)(F)C(F)(F)F)CCC4(C)C3CCC12C. The van der Waals surface area contributed by atoms with Gasteiger partial charge >= 0.3 is 18.1 Å². The van der Waals surface area contributed by atoms with Crippen LogP contribution in [0.4, 0.5) is 22.0 Å². The van der Waals surface area contributed by atoms with E-state index in [9.17, 15) is 26.7 Å². The minimum absolute atomic E-state index is 0.0966. The Bertz CT molecular complexity index is 880. The standard InChI is InChI=1S/C30H45F5O2/c1-18(2)7-6-8-19(3)23-11-12-24-22-10-9-20-17-21(37-26(36)29(31,32)30(33,34)35)13-15-27(20,4)25(22)14-16-28(23,24)5/h9,18-19,21-25H,6-8,10-17H2,1-5H3. The lowest BCUT2D eigenvalue weighted by Gasteiger charge is -2.58. The van der Waals surface area contributed by atoms with Crippen LogP contribution in [0.1, 0.15) is 105 Å². The van der Waals surface area contributed by atoms with Crippen molar-refractivity contribution in [2.75, 3.05) is 0 Å². The molecule has 3 fully saturated rings. The van der Waals surface area contributed by atoms with Crippen LogP contribution in [0.25, 0.3) is 0 Å². The number of halogens is 5. The zero-order valence-electron chi connectivity index (χ0n) is 23.1. The molecule has 0 aliphatic heterocycles. The molecule has 7 heteroatoms. The van der Waals surface area contributed by atoms with Gasteiger partial charge in [0, 0.05) is 6.42 Å². The molecule has 8 unspecified atom stereocenters. The quantitative estimate of drug-likeness (QED) is 0.186. The molecule has 2 nitrogen and oxygen atoms in total. The molecule has 0 heterocycles. The average Bonchev–Trinajstić information content (AvgIpc) is 3.15. The summed E-state index contributed by atoms with van der Waals surface area (Å²) in [5.74, 6) is -3.94. The number of alkyl halides is 5. The first-order valence-corrected chi connectivity index (χ1v) is 14.5. The first-order valence-electron chi connectivity index (χ1n) is 14.5. The van der Waals surface area contributed by atoms with E-state index in [4.69, 9.17) is 4.74 Å². The van der Waals surface area contributed by atoms with E-state index in [-0.39, 0.29) is 11.8 Å². The fourth-order valence-electron chi connectivity index (χ4n) is 9.09. The lowest BCUT2D eigenvalue weighted by atomic mass is 9.47. The van der Waals surface area contributed by atoms with E-state index < -0.39 is 24.2 Å². The van der Waals surface area contributed by atoms with Gasteiger partial charge in [0.2, 0.25) is 0 Å². The molecular weight excluding hydrogens is 487 g/mol. The van der Waals surface area contributed by atoms with Crippen molar-refractivity contribution in [1.82, 2.24) is 0 Å².